The number of aryl methyl sites for hydroxylation is 4. The summed E-state index contributed by atoms with van der Waals surface area (Å²) in [6.45, 7) is 7.28. The number of hydrogen-bond acceptors (Lipinski definition) is 3. The fraction of sp³-hybridized carbons (Fsp3) is 0.278. The molecule has 0 aliphatic rings. The molecule has 0 radical (unpaired) electrons. The van der Waals surface area contributed by atoms with Gasteiger partial charge in [-0.3, -0.25) is 0 Å². The third kappa shape index (κ3) is 2.77. The van der Waals surface area contributed by atoms with Gasteiger partial charge >= 0.3 is 0 Å². The van der Waals surface area contributed by atoms with E-state index < -0.39 is 5.92 Å². The van der Waals surface area contributed by atoms with Crippen LogP contribution in [0.15, 0.2) is 24.3 Å². The molecule has 2 N–H and O–H groups in total. The van der Waals surface area contributed by atoms with Gasteiger partial charge in [-0.2, -0.15) is 0 Å². The molecule has 0 unspecified atom stereocenters. The predicted molar refractivity (Wildman–Crippen MR) is 83.1 cm³/mol. The molecule has 0 saturated carbocycles. The Kier molecular flexibility index (Phi) is 4.03. The van der Waals surface area contributed by atoms with Crippen LogP contribution in [0.4, 0.5) is 0 Å². The average molecular weight is 284 g/mol. The van der Waals surface area contributed by atoms with Gasteiger partial charge in [0.25, 0.3) is 0 Å². The number of rotatable bonds is 3. The van der Waals surface area contributed by atoms with Gasteiger partial charge in [0.2, 0.25) is 0 Å². The number of carbonyl (C=O) groups is 1. The highest BCUT2D eigenvalue weighted by molar-refractivity contribution is 5.70. The van der Waals surface area contributed by atoms with Crippen molar-refractivity contribution in [3.05, 3.63) is 57.6 Å². The predicted octanol–water partition coefficient (Wildman–Crippen LogP) is 3.66. The molecule has 110 valence electrons. The van der Waals surface area contributed by atoms with E-state index in [9.17, 15) is 15.0 Å². The Bertz CT molecular complexity index is 598. The van der Waals surface area contributed by atoms with Gasteiger partial charge < -0.3 is 15.0 Å². The zero-order valence-corrected chi connectivity index (χ0v) is 12.8. The SMILES string of the molecule is Cc1cc(C(C=O)c2cc(C)c(O)c(C)c2)cc(C)c1O. The maximum Gasteiger partial charge on any atom is 0.131 e. The first-order valence-corrected chi connectivity index (χ1v) is 6.90. The van der Waals surface area contributed by atoms with Crippen molar-refractivity contribution in [2.75, 3.05) is 0 Å². The fourth-order valence-electron chi connectivity index (χ4n) is 2.69. The summed E-state index contributed by atoms with van der Waals surface area (Å²) in [5, 5.41) is 19.7. The first-order valence-electron chi connectivity index (χ1n) is 6.90. The van der Waals surface area contributed by atoms with Crippen molar-refractivity contribution < 1.29 is 15.0 Å². The molecule has 2 rings (SSSR count). The molecular weight excluding hydrogens is 264 g/mol. The van der Waals surface area contributed by atoms with Gasteiger partial charge in [-0.15, -0.1) is 0 Å². The molecule has 0 heterocycles. The minimum atomic E-state index is -0.402. The second kappa shape index (κ2) is 5.60. The Morgan fingerprint density at radius 3 is 1.29 bits per heavy atom. The molecule has 0 aromatic heterocycles. The molecule has 3 nitrogen and oxygen atoms in total. The van der Waals surface area contributed by atoms with E-state index in [4.69, 9.17) is 0 Å². The van der Waals surface area contributed by atoms with Crippen LogP contribution in [0.2, 0.25) is 0 Å². The molecule has 0 aliphatic carbocycles. The van der Waals surface area contributed by atoms with Gasteiger partial charge in [0.05, 0.1) is 5.92 Å². The molecule has 2 aromatic carbocycles. The van der Waals surface area contributed by atoms with Crippen LogP contribution in [0.5, 0.6) is 11.5 Å². The van der Waals surface area contributed by atoms with Crippen LogP contribution in [0.3, 0.4) is 0 Å². The minimum Gasteiger partial charge on any atom is -0.507 e. The third-order valence-corrected chi connectivity index (χ3v) is 3.88. The van der Waals surface area contributed by atoms with E-state index in [1.54, 1.807) is 0 Å². The molecular formula is C18H20O3. The topological polar surface area (TPSA) is 57.5 Å². The van der Waals surface area contributed by atoms with E-state index in [1.165, 1.54) is 0 Å². The number of phenolic OH excluding ortho intramolecular Hbond substituents is 2. The van der Waals surface area contributed by atoms with Crippen LogP contribution in [0, 0.1) is 27.7 Å². The fourth-order valence-corrected chi connectivity index (χ4v) is 2.69. The van der Waals surface area contributed by atoms with Crippen molar-refractivity contribution in [2.24, 2.45) is 0 Å². The normalized spacial score (nSPS) is 10.9. The first-order chi connectivity index (χ1) is 9.85. The van der Waals surface area contributed by atoms with Gasteiger partial charge in [-0.05, 0) is 61.1 Å². The van der Waals surface area contributed by atoms with Crippen molar-refractivity contribution in [3.63, 3.8) is 0 Å². The molecule has 0 atom stereocenters. The Morgan fingerprint density at radius 1 is 0.762 bits per heavy atom. The molecule has 0 aliphatic heterocycles. The Morgan fingerprint density at radius 2 is 1.05 bits per heavy atom. The van der Waals surface area contributed by atoms with Crippen molar-refractivity contribution in [3.8, 4) is 11.5 Å². The van der Waals surface area contributed by atoms with Gasteiger partial charge in [-0.1, -0.05) is 24.3 Å². The molecule has 0 bridgehead atoms. The van der Waals surface area contributed by atoms with Crippen molar-refractivity contribution in [1.29, 1.82) is 0 Å². The summed E-state index contributed by atoms with van der Waals surface area (Å²) in [4.78, 5) is 11.6. The highest BCUT2D eigenvalue weighted by atomic mass is 16.3. The molecule has 0 fully saturated rings. The van der Waals surface area contributed by atoms with Crippen molar-refractivity contribution in [2.45, 2.75) is 33.6 Å². The Hall–Kier alpha value is -2.29. The molecule has 0 saturated heterocycles. The molecule has 2 aromatic rings. The number of phenols is 2. The Balaban J connectivity index is 2.57. The summed E-state index contributed by atoms with van der Waals surface area (Å²) in [5.41, 5.74) is 4.71. The van der Waals surface area contributed by atoms with Gasteiger partial charge in [0.1, 0.15) is 17.8 Å². The monoisotopic (exact) mass is 284 g/mol. The highest BCUT2D eigenvalue weighted by Crippen LogP contribution is 2.32. The third-order valence-electron chi connectivity index (χ3n) is 3.88. The largest absolute Gasteiger partial charge is 0.507 e. The molecule has 0 amide bonds. The zero-order chi connectivity index (χ0) is 15.7. The molecule has 0 spiro atoms. The van der Waals surface area contributed by atoms with Gasteiger partial charge in [-0.25, -0.2) is 0 Å². The van der Waals surface area contributed by atoms with Crippen LogP contribution < -0.4 is 0 Å². The lowest BCUT2D eigenvalue weighted by atomic mass is 9.88. The smallest absolute Gasteiger partial charge is 0.131 e. The Labute approximate surface area is 124 Å². The standard InChI is InChI=1S/C18H20O3/c1-10-5-14(6-11(2)17(10)20)16(9-19)15-7-12(3)18(21)13(4)8-15/h5-9,16,20-21H,1-4H3. The van der Waals surface area contributed by atoms with E-state index in [-0.39, 0.29) is 11.5 Å². The van der Waals surface area contributed by atoms with E-state index in [2.05, 4.69) is 0 Å². The van der Waals surface area contributed by atoms with E-state index in [0.29, 0.717) is 0 Å². The number of aldehydes is 1. The van der Waals surface area contributed by atoms with Crippen molar-refractivity contribution in [1.82, 2.24) is 0 Å². The van der Waals surface area contributed by atoms with Crippen LogP contribution in [0.1, 0.15) is 39.3 Å². The lowest BCUT2D eigenvalue weighted by molar-refractivity contribution is -0.108. The number of hydrogen-bond donors (Lipinski definition) is 2. The lowest BCUT2D eigenvalue weighted by Crippen LogP contribution is -2.04. The maximum atomic E-state index is 11.6. The van der Waals surface area contributed by atoms with Crippen LogP contribution in [0.25, 0.3) is 0 Å². The van der Waals surface area contributed by atoms with Crippen LogP contribution in [-0.2, 0) is 4.79 Å². The lowest BCUT2D eigenvalue weighted by Gasteiger charge is -2.16. The summed E-state index contributed by atoms with van der Waals surface area (Å²) in [7, 11) is 0. The van der Waals surface area contributed by atoms with Crippen LogP contribution >= 0.6 is 0 Å². The zero-order valence-electron chi connectivity index (χ0n) is 12.8. The first kappa shape index (κ1) is 15.1. The summed E-state index contributed by atoms with van der Waals surface area (Å²) < 4.78 is 0. The van der Waals surface area contributed by atoms with E-state index >= 15 is 0 Å². The van der Waals surface area contributed by atoms with E-state index in [1.807, 2.05) is 52.0 Å². The average Bonchev–Trinajstić information content (AvgIpc) is 2.42. The summed E-state index contributed by atoms with van der Waals surface area (Å²) in [6.07, 6.45) is 0.899. The minimum absolute atomic E-state index is 0.265. The molecule has 21 heavy (non-hydrogen) atoms. The van der Waals surface area contributed by atoms with Crippen molar-refractivity contribution >= 4 is 6.29 Å². The van der Waals surface area contributed by atoms with Crippen LogP contribution in [-0.4, -0.2) is 16.5 Å². The highest BCUT2D eigenvalue weighted by Gasteiger charge is 2.17. The number of benzene rings is 2. The summed E-state index contributed by atoms with van der Waals surface area (Å²) in [6, 6.07) is 7.33. The summed E-state index contributed by atoms with van der Waals surface area (Å²) >= 11 is 0. The van der Waals surface area contributed by atoms with E-state index in [0.717, 1.165) is 39.7 Å². The second-order valence-corrected chi connectivity index (χ2v) is 5.62. The maximum absolute atomic E-state index is 11.6. The quantitative estimate of drug-likeness (QED) is 0.846. The van der Waals surface area contributed by atoms with Gasteiger partial charge in [0.15, 0.2) is 0 Å². The molecule has 3 heteroatoms. The number of aromatic hydroxyl groups is 2. The second-order valence-electron chi connectivity index (χ2n) is 5.62. The number of carbonyl (C=O) groups excluding carboxylic acids is 1. The van der Waals surface area contributed by atoms with Gasteiger partial charge in [0, 0.05) is 0 Å². The summed E-state index contributed by atoms with van der Waals surface area (Å²) in [5.74, 6) is 0.129.